The lowest BCUT2D eigenvalue weighted by Crippen LogP contribution is -2.73. The van der Waals surface area contributed by atoms with Crippen LogP contribution in [0.3, 0.4) is 0 Å². The second-order valence-corrected chi connectivity index (χ2v) is 9.88. The largest absolute Gasteiger partial charge is 0.504 e. The summed E-state index contributed by atoms with van der Waals surface area (Å²) in [6.07, 6.45) is -0.320. The van der Waals surface area contributed by atoms with E-state index in [4.69, 9.17) is 14.2 Å². The van der Waals surface area contributed by atoms with Crippen molar-refractivity contribution >= 4 is 0 Å². The maximum absolute atomic E-state index is 11.3. The van der Waals surface area contributed by atoms with Crippen LogP contribution in [0.1, 0.15) is 36.3 Å². The summed E-state index contributed by atoms with van der Waals surface area (Å²) < 4.78 is 18.1. The molecule has 0 amide bonds. The number of aromatic hydroxyl groups is 1. The zero-order valence-electron chi connectivity index (χ0n) is 17.7. The van der Waals surface area contributed by atoms with E-state index in [9.17, 15) is 15.3 Å². The van der Waals surface area contributed by atoms with E-state index in [1.807, 2.05) is 12.1 Å². The highest BCUT2D eigenvalue weighted by Crippen LogP contribution is 2.77. The quantitative estimate of drug-likeness (QED) is 0.675. The van der Waals surface area contributed by atoms with Gasteiger partial charge in [0.1, 0.15) is 0 Å². The average molecular weight is 418 g/mol. The van der Waals surface area contributed by atoms with E-state index >= 15 is 0 Å². The molecule has 7 nitrogen and oxygen atoms in total. The van der Waals surface area contributed by atoms with Crippen molar-refractivity contribution in [2.75, 3.05) is 40.5 Å². The summed E-state index contributed by atoms with van der Waals surface area (Å²) in [4.78, 5) is 2.45. The van der Waals surface area contributed by atoms with Crippen LogP contribution in [0.5, 0.6) is 11.5 Å². The minimum absolute atomic E-state index is 0.0143. The summed E-state index contributed by atoms with van der Waals surface area (Å²) in [7, 11) is 3.32. The molecular weight excluding hydrogens is 386 g/mol. The van der Waals surface area contributed by atoms with Gasteiger partial charge in [-0.1, -0.05) is 6.92 Å². The van der Waals surface area contributed by atoms with Gasteiger partial charge >= 0.3 is 0 Å². The van der Waals surface area contributed by atoms with Gasteiger partial charge in [-0.05, 0) is 29.8 Å². The van der Waals surface area contributed by atoms with E-state index in [1.54, 1.807) is 14.2 Å². The van der Waals surface area contributed by atoms with Crippen molar-refractivity contribution < 1.29 is 29.5 Å². The van der Waals surface area contributed by atoms with Crippen LogP contribution in [0.15, 0.2) is 12.1 Å². The van der Waals surface area contributed by atoms with Gasteiger partial charge in [0, 0.05) is 54.7 Å². The average Bonchev–Trinajstić information content (AvgIpc) is 3.19. The summed E-state index contributed by atoms with van der Waals surface area (Å²) in [5, 5.41) is 32.6. The molecule has 0 radical (unpaired) electrons. The Balaban J connectivity index is 1.68. The number of hydrogen-bond donors (Lipinski definition) is 3. The monoisotopic (exact) mass is 417 g/mol. The van der Waals surface area contributed by atoms with Gasteiger partial charge in [0.05, 0.1) is 38.6 Å². The number of rotatable bonds is 4. The van der Waals surface area contributed by atoms with Crippen LogP contribution in [-0.2, 0) is 9.47 Å². The molecule has 2 saturated heterocycles. The highest BCUT2D eigenvalue weighted by atomic mass is 16.5. The number of nitrogens with zero attached hydrogens (tertiary/aromatic N) is 1. The lowest BCUT2D eigenvalue weighted by molar-refractivity contribution is -0.233. The van der Waals surface area contributed by atoms with Crippen molar-refractivity contribution in [3.05, 3.63) is 23.3 Å². The first-order valence-electron chi connectivity index (χ1n) is 11.1. The molecule has 30 heavy (non-hydrogen) atoms. The maximum Gasteiger partial charge on any atom is 0.160 e. The summed E-state index contributed by atoms with van der Waals surface area (Å²) >= 11 is 0. The van der Waals surface area contributed by atoms with E-state index in [2.05, 4.69) is 11.8 Å². The number of aliphatic hydroxyl groups is 2. The lowest BCUT2D eigenvalue weighted by atomic mass is 9.45. The standard InChI is InChI=1S/C23H31NO6/c1-4-24-9-22(10-25)16(27)7-17-23-13(8-30-17)11-5-14(26)15(28-2)6-12(11)18(21(23)24)19(29-3)20(22)23/h5-6,13,16-21,25-27H,4,7-10H2,1-3H3/t13-,16-,17+,18+,19+,20-,21?,22+,23+/m1/s1. The fourth-order valence-corrected chi connectivity index (χ4v) is 8.58. The molecule has 1 aromatic carbocycles. The smallest absolute Gasteiger partial charge is 0.160 e. The Kier molecular flexibility index (Phi) is 3.93. The minimum Gasteiger partial charge on any atom is -0.504 e. The number of methoxy groups -OCH3 is 2. The van der Waals surface area contributed by atoms with Crippen LogP contribution in [-0.4, -0.2) is 85.1 Å². The van der Waals surface area contributed by atoms with E-state index in [1.165, 1.54) is 0 Å². The van der Waals surface area contributed by atoms with Gasteiger partial charge in [0.15, 0.2) is 11.5 Å². The van der Waals surface area contributed by atoms with E-state index < -0.39 is 11.5 Å². The molecule has 7 heteroatoms. The number of piperidine rings is 1. The third-order valence-corrected chi connectivity index (χ3v) is 9.40. The van der Waals surface area contributed by atoms with Gasteiger partial charge < -0.3 is 29.5 Å². The Hall–Kier alpha value is -1.38. The summed E-state index contributed by atoms with van der Waals surface area (Å²) in [5.41, 5.74) is 1.38. The molecule has 9 atom stereocenters. The van der Waals surface area contributed by atoms with Crippen LogP contribution in [0.2, 0.25) is 0 Å². The fourth-order valence-electron chi connectivity index (χ4n) is 8.58. The first-order chi connectivity index (χ1) is 14.5. The number of hydrogen-bond acceptors (Lipinski definition) is 7. The number of likely N-dealkylation sites (N-methyl/N-ethyl adjacent to an activating group) is 1. The van der Waals surface area contributed by atoms with Crippen LogP contribution in [0.4, 0.5) is 0 Å². The van der Waals surface area contributed by atoms with Gasteiger partial charge in [0.2, 0.25) is 0 Å². The van der Waals surface area contributed by atoms with Gasteiger partial charge in [0.25, 0.3) is 0 Å². The van der Waals surface area contributed by atoms with Crippen molar-refractivity contribution in [3.8, 4) is 11.5 Å². The summed E-state index contributed by atoms with van der Waals surface area (Å²) in [6, 6.07) is 4.04. The molecule has 5 aliphatic rings. The Labute approximate surface area is 176 Å². The van der Waals surface area contributed by atoms with Crippen LogP contribution >= 0.6 is 0 Å². The topological polar surface area (TPSA) is 91.6 Å². The molecule has 0 aromatic heterocycles. The minimum atomic E-state index is -0.640. The van der Waals surface area contributed by atoms with Crippen LogP contribution in [0.25, 0.3) is 0 Å². The molecule has 1 spiro atoms. The number of phenols is 1. The van der Waals surface area contributed by atoms with Crippen LogP contribution in [0, 0.1) is 16.7 Å². The predicted molar refractivity (Wildman–Crippen MR) is 108 cm³/mol. The summed E-state index contributed by atoms with van der Waals surface area (Å²) in [6.45, 7) is 4.15. The molecule has 2 heterocycles. The lowest BCUT2D eigenvalue weighted by Gasteiger charge is -2.65. The Morgan fingerprint density at radius 1 is 1.27 bits per heavy atom. The number of likely N-dealkylation sites (tertiary alicyclic amines) is 1. The SMILES string of the molecule is CCN1C[C@]2(CO)[C@H](O)C[C@@H]3OC[C@@H]4c5cc(O)c(OC)cc5[C@@H]5C1[C@]34[C@@H]2[C@H]5OC. The zero-order chi connectivity index (χ0) is 21.0. The number of benzene rings is 1. The number of ether oxygens (including phenoxy) is 3. The molecular formula is C23H31NO6. The van der Waals surface area contributed by atoms with Crippen LogP contribution < -0.4 is 4.74 Å². The normalized spacial score (nSPS) is 48.0. The number of fused-ring (bicyclic) bond motifs is 3. The molecule has 5 bridgehead atoms. The number of aliphatic hydroxyl groups excluding tert-OH is 2. The van der Waals surface area contributed by atoms with E-state index in [-0.39, 0.29) is 53.8 Å². The highest BCUT2D eigenvalue weighted by molar-refractivity contribution is 5.56. The molecule has 164 valence electrons. The van der Waals surface area contributed by atoms with Gasteiger partial charge in [-0.3, -0.25) is 4.90 Å². The van der Waals surface area contributed by atoms with Gasteiger partial charge in [-0.25, -0.2) is 0 Å². The molecule has 1 aromatic rings. The van der Waals surface area contributed by atoms with Gasteiger partial charge in [-0.15, -0.1) is 0 Å². The molecule has 3 aliphatic carbocycles. The molecule has 2 saturated carbocycles. The first kappa shape index (κ1) is 19.3. The number of phenolic OH excluding ortho intramolecular Hbond substituents is 1. The van der Waals surface area contributed by atoms with Crippen molar-refractivity contribution in [2.45, 2.75) is 49.5 Å². The van der Waals surface area contributed by atoms with E-state index in [0.717, 1.165) is 17.7 Å². The van der Waals surface area contributed by atoms with Crippen molar-refractivity contribution in [1.82, 2.24) is 4.90 Å². The predicted octanol–water partition coefficient (Wildman–Crippen LogP) is 1.06. The van der Waals surface area contributed by atoms with Crippen molar-refractivity contribution in [1.29, 1.82) is 0 Å². The van der Waals surface area contributed by atoms with Gasteiger partial charge in [-0.2, -0.15) is 0 Å². The molecule has 1 unspecified atom stereocenters. The van der Waals surface area contributed by atoms with E-state index in [0.29, 0.717) is 25.3 Å². The maximum atomic E-state index is 11.3. The molecule has 6 rings (SSSR count). The van der Waals surface area contributed by atoms with Crippen molar-refractivity contribution in [2.24, 2.45) is 16.7 Å². The zero-order valence-corrected chi connectivity index (χ0v) is 17.7. The third-order valence-electron chi connectivity index (χ3n) is 9.40. The molecule has 3 N–H and O–H groups in total. The van der Waals surface area contributed by atoms with Crippen molar-refractivity contribution in [3.63, 3.8) is 0 Å². The Morgan fingerprint density at radius 2 is 2.07 bits per heavy atom. The second-order valence-electron chi connectivity index (χ2n) is 9.88. The summed E-state index contributed by atoms with van der Waals surface area (Å²) in [5.74, 6) is 0.768. The molecule has 4 fully saturated rings. The highest BCUT2D eigenvalue weighted by Gasteiger charge is 2.82. The second kappa shape index (κ2) is 6.11. The Morgan fingerprint density at radius 3 is 2.73 bits per heavy atom. The third kappa shape index (κ3) is 1.83. The molecule has 2 aliphatic heterocycles. The fraction of sp³-hybridized carbons (Fsp3) is 0.739. The Bertz CT molecular complexity index is 893. The first-order valence-corrected chi connectivity index (χ1v) is 11.1.